The van der Waals surface area contributed by atoms with Crippen LogP contribution in [-0.4, -0.2) is 44.5 Å². The maximum Gasteiger partial charge on any atom is 0.0778 e. The van der Waals surface area contributed by atoms with Gasteiger partial charge >= 0.3 is 0 Å². The summed E-state index contributed by atoms with van der Waals surface area (Å²) < 4.78 is 1.90. The van der Waals surface area contributed by atoms with E-state index in [4.69, 9.17) is 0 Å². The highest BCUT2D eigenvalue weighted by atomic mass is 16.3. The van der Waals surface area contributed by atoms with Crippen LogP contribution in [0.4, 0.5) is 0 Å². The normalized spacial score (nSPS) is 18.6. The lowest BCUT2D eigenvalue weighted by Gasteiger charge is -2.44. The molecule has 1 unspecified atom stereocenters. The number of aliphatic hydroxyl groups excluding tert-OH is 1. The lowest BCUT2D eigenvalue weighted by molar-refractivity contribution is -0.0278. The topological polar surface area (TPSA) is 41.3 Å². The molecule has 1 aromatic rings. The molecule has 0 spiro atoms. The molecule has 2 rings (SSSR count). The van der Waals surface area contributed by atoms with E-state index in [0.29, 0.717) is 6.42 Å². The molecule has 4 heteroatoms. The molecular weight excluding hydrogens is 250 g/mol. The molecule has 0 amide bonds. The number of aromatic nitrogens is 2. The minimum Gasteiger partial charge on any atom is -0.391 e. The van der Waals surface area contributed by atoms with Crippen LogP contribution in [-0.2, 0) is 13.5 Å². The lowest BCUT2D eigenvalue weighted by Crippen LogP contribution is -2.55. The molecule has 1 aliphatic heterocycles. The van der Waals surface area contributed by atoms with Gasteiger partial charge in [-0.3, -0.25) is 9.58 Å². The first-order valence-electron chi connectivity index (χ1n) is 7.96. The average Bonchev–Trinajstić information content (AvgIpc) is 3.03. The van der Waals surface area contributed by atoms with Crippen molar-refractivity contribution < 1.29 is 5.11 Å². The zero-order valence-electron chi connectivity index (χ0n) is 13.4. The van der Waals surface area contributed by atoms with Gasteiger partial charge in [0.2, 0.25) is 0 Å². The summed E-state index contributed by atoms with van der Waals surface area (Å²) in [7, 11) is 1.96. The van der Waals surface area contributed by atoms with Gasteiger partial charge in [-0.05, 0) is 51.8 Å². The fraction of sp³-hybridized carbons (Fsp3) is 0.812. The predicted molar refractivity (Wildman–Crippen MR) is 81.8 cm³/mol. The molecule has 1 N–H and O–H groups in total. The number of hydrogen-bond acceptors (Lipinski definition) is 3. The van der Waals surface area contributed by atoms with Crippen LogP contribution in [0.3, 0.4) is 0 Å². The van der Waals surface area contributed by atoms with Gasteiger partial charge in [0, 0.05) is 24.7 Å². The number of nitrogens with zero attached hydrogens (tertiary/aromatic N) is 3. The number of likely N-dealkylation sites (tertiary alicyclic amines) is 1. The van der Waals surface area contributed by atoms with Gasteiger partial charge in [-0.15, -0.1) is 0 Å². The largest absolute Gasteiger partial charge is 0.391 e. The molecule has 1 saturated heterocycles. The fourth-order valence-corrected chi connectivity index (χ4v) is 3.79. The van der Waals surface area contributed by atoms with Gasteiger partial charge in [0.05, 0.1) is 11.8 Å². The van der Waals surface area contributed by atoms with E-state index in [1.54, 1.807) is 0 Å². The minimum absolute atomic E-state index is 0.0747. The summed E-state index contributed by atoms with van der Waals surface area (Å²) >= 11 is 0. The van der Waals surface area contributed by atoms with Crippen LogP contribution in [0.1, 0.15) is 50.9 Å². The van der Waals surface area contributed by atoms with Gasteiger partial charge in [0.1, 0.15) is 0 Å². The van der Waals surface area contributed by atoms with Crippen LogP contribution in [0.25, 0.3) is 0 Å². The Morgan fingerprint density at radius 2 is 1.90 bits per heavy atom. The smallest absolute Gasteiger partial charge is 0.0778 e. The molecule has 0 radical (unpaired) electrons. The molecule has 1 atom stereocenters. The van der Waals surface area contributed by atoms with Crippen molar-refractivity contribution in [2.45, 2.75) is 64.5 Å². The zero-order valence-corrected chi connectivity index (χ0v) is 13.4. The molecule has 0 saturated carbocycles. The third-order valence-electron chi connectivity index (χ3n) is 5.08. The van der Waals surface area contributed by atoms with Crippen molar-refractivity contribution in [1.82, 2.24) is 14.7 Å². The van der Waals surface area contributed by atoms with Crippen molar-refractivity contribution in [3.05, 3.63) is 17.5 Å². The highest BCUT2D eigenvalue weighted by Gasteiger charge is 2.41. The highest BCUT2D eigenvalue weighted by Crippen LogP contribution is 2.33. The van der Waals surface area contributed by atoms with E-state index in [1.165, 1.54) is 12.8 Å². The second-order valence-electron chi connectivity index (χ2n) is 6.13. The number of aryl methyl sites for hydroxylation is 2. The summed E-state index contributed by atoms with van der Waals surface area (Å²) in [6.45, 7) is 8.68. The molecule has 1 aromatic heterocycles. The maximum atomic E-state index is 10.9. The number of rotatable bonds is 6. The summed E-state index contributed by atoms with van der Waals surface area (Å²) in [6, 6.07) is 2.09. The predicted octanol–water partition coefficient (Wildman–Crippen LogP) is 2.29. The van der Waals surface area contributed by atoms with Gasteiger partial charge in [0.25, 0.3) is 0 Å². The summed E-state index contributed by atoms with van der Waals surface area (Å²) in [5.74, 6) is 0. The Hall–Kier alpha value is -0.870. The first-order chi connectivity index (χ1) is 9.53. The van der Waals surface area contributed by atoms with Gasteiger partial charge in [-0.25, -0.2) is 0 Å². The Morgan fingerprint density at radius 1 is 1.30 bits per heavy atom. The van der Waals surface area contributed by atoms with E-state index in [9.17, 15) is 5.11 Å². The van der Waals surface area contributed by atoms with Crippen LogP contribution in [0, 0.1) is 6.92 Å². The average molecular weight is 279 g/mol. The molecule has 0 bridgehead atoms. The number of aliphatic hydroxyl groups is 1. The highest BCUT2D eigenvalue weighted by molar-refractivity contribution is 5.12. The van der Waals surface area contributed by atoms with Crippen molar-refractivity contribution in [1.29, 1.82) is 0 Å². The molecular formula is C16H29N3O. The van der Waals surface area contributed by atoms with Crippen molar-refractivity contribution in [3.8, 4) is 0 Å². The fourth-order valence-electron chi connectivity index (χ4n) is 3.79. The maximum absolute atomic E-state index is 10.9. The lowest BCUT2D eigenvalue weighted by atomic mass is 9.82. The van der Waals surface area contributed by atoms with Crippen LogP contribution in [0.5, 0.6) is 0 Å². The Balaban J connectivity index is 2.18. The van der Waals surface area contributed by atoms with Gasteiger partial charge in [-0.2, -0.15) is 5.10 Å². The Labute approximate surface area is 122 Å². The van der Waals surface area contributed by atoms with E-state index in [-0.39, 0.29) is 11.6 Å². The number of hydrogen-bond donors (Lipinski definition) is 1. The summed E-state index contributed by atoms with van der Waals surface area (Å²) in [5.41, 5.74) is 2.07. The second kappa shape index (κ2) is 6.27. The Bertz CT molecular complexity index is 431. The SMILES string of the molecule is CCC(CC)(C(O)Cc1cc(C)nn1C)N1CCCC1. The van der Waals surface area contributed by atoms with Crippen molar-refractivity contribution >= 4 is 0 Å². The van der Waals surface area contributed by atoms with E-state index < -0.39 is 0 Å². The standard InChI is InChI=1S/C16H29N3O/c1-5-16(6-2,19-9-7-8-10-19)15(20)12-14-11-13(3)17-18(14)4/h11,15,20H,5-10,12H2,1-4H3. The molecule has 1 fully saturated rings. The van der Waals surface area contributed by atoms with Crippen molar-refractivity contribution in [3.63, 3.8) is 0 Å². The minimum atomic E-state index is -0.328. The van der Waals surface area contributed by atoms with E-state index in [2.05, 4.69) is 29.9 Å². The first kappa shape index (κ1) is 15.5. The second-order valence-corrected chi connectivity index (χ2v) is 6.13. The van der Waals surface area contributed by atoms with Crippen molar-refractivity contribution in [2.75, 3.05) is 13.1 Å². The summed E-state index contributed by atoms with van der Waals surface area (Å²) in [4.78, 5) is 2.51. The van der Waals surface area contributed by atoms with E-state index in [1.807, 2.05) is 18.7 Å². The Morgan fingerprint density at radius 3 is 2.35 bits per heavy atom. The van der Waals surface area contributed by atoms with Gasteiger partial charge in [0.15, 0.2) is 0 Å². The first-order valence-corrected chi connectivity index (χ1v) is 7.96. The molecule has 1 aliphatic rings. The van der Waals surface area contributed by atoms with E-state index >= 15 is 0 Å². The van der Waals surface area contributed by atoms with Crippen LogP contribution >= 0.6 is 0 Å². The summed E-state index contributed by atoms with van der Waals surface area (Å²) in [5, 5.41) is 15.3. The molecule has 0 aliphatic carbocycles. The third-order valence-corrected chi connectivity index (χ3v) is 5.08. The van der Waals surface area contributed by atoms with E-state index in [0.717, 1.165) is 37.3 Å². The van der Waals surface area contributed by atoms with Gasteiger partial charge in [-0.1, -0.05) is 13.8 Å². The van der Waals surface area contributed by atoms with Crippen LogP contribution in [0.15, 0.2) is 6.07 Å². The van der Waals surface area contributed by atoms with Crippen molar-refractivity contribution in [2.24, 2.45) is 7.05 Å². The quantitative estimate of drug-likeness (QED) is 0.868. The summed E-state index contributed by atoms with van der Waals surface area (Å²) in [6.07, 6.45) is 4.89. The molecule has 114 valence electrons. The monoisotopic (exact) mass is 279 g/mol. The Kier molecular flexibility index (Phi) is 4.86. The van der Waals surface area contributed by atoms with Crippen LogP contribution < -0.4 is 0 Å². The van der Waals surface area contributed by atoms with Crippen LogP contribution in [0.2, 0.25) is 0 Å². The van der Waals surface area contributed by atoms with Gasteiger partial charge < -0.3 is 5.11 Å². The molecule has 2 heterocycles. The third kappa shape index (κ3) is 2.77. The molecule has 0 aromatic carbocycles. The zero-order chi connectivity index (χ0) is 14.8. The molecule has 4 nitrogen and oxygen atoms in total. The molecule has 20 heavy (non-hydrogen) atoms.